The fraction of sp³-hybridized carbons (Fsp3) is 0.417. The molecule has 0 heterocycles. The maximum absolute atomic E-state index is 10.4. The minimum atomic E-state index is 0.141. The van der Waals surface area contributed by atoms with Gasteiger partial charge in [-0.3, -0.25) is 4.79 Å². The molecule has 3 nitrogen and oxygen atoms in total. The predicted octanol–water partition coefficient (Wildman–Crippen LogP) is 1.83. The quantitative estimate of drug-likeness (QED) is 0.690. The summed E-state index contributed by atoms with van der Waals surface area (Å²) in [6, 6.07) is 7.14. The summed E-state index contributed by atoms with van der Waals surface area (Å²) in [6.45, 7) is 2.89. The number of rotatable bonds is 5. The van der Waals surface area contributed by atoms with E-state index in [2.05, 4.69) is 4.90 Å². The zero-order chi connectivity index (χ0) is 11.3. The zero-order valence-corrected chi connectivity index (χ0v) is 9.43. The Morgan fingerprint density at radius 3 is 2.40 bits per heavy atom. The van der Waals surface area contributed by atoms with E-state index >= 15 is 0 Å². The molecule has 0 aliphatic carbocycles. The molecule has 0 saturated heterocycles. The summed E-state index contributed by atoms with van der Waals surface area (Å²) in [5.41, 5.74) is 0.669. The number of ether oxygens (including phenoxy) is 1. The van der Waals surface area contributed by atoms with Crippen molar-refractivity contribution in [1.82, 2.24) is 4.90 Å². The van der Waals surface area contributed by atoms with Crippen molar-refractivity contribution in [3.8, 4) is 5.75 Å². The Balaban J connectivity index is 2.53. The van der Waals surface area contributed by atoms with Crippen molar-refractivity contribution >= 4 is 6.29 Å². The molecule has 0 bridgehead atoms. The summed E-state index contributed by atoms with van der Waals surface area (Å²) < 4.78 is 5.67. The number of benzene rings is 1. The van der Waals surface area contributed by atoms with Crippen LogP contribution in [-0.2, 0) is 0 Å². The first-order valence-electron chi connectivity index (χ1n) is 4.98. The third kappa shape index (κ3) is 4.13. The number of nitrogens with zero attached hydrogens (tertiary/aromatic N) is 1. The summed E-state index contributed by atoms with van der Waals surface area (Å²) in [6.07, 6.45) is 0.967. The van der Waals surface area contributed by atoms with Gasteiger partial charge in [0.2, 0.25) is 0 Å². The van der Waals surface area contributed by atoms with E-state index in [4.69, 9.17) is 4.74 Å². The SMILES string of the molecule is CC(CN(C)C)Oc1ccc(C=O)cc1. The van der Waals surface area contributed by atoms with Gasteiger partial charge in [-0.2, -0.15) is 0 Å². The van der Waals surface area contributed by atoms with Crippen molar-refractivity contribution < 1.29 is 9.53 Å². The topological polar surface area (TPSA) is 29.5 Å². The van der Waals surface area contributed by atoms with E-state index in [0.717, 1.165) is 18.6 Å². The van der Waals surface area contributed by atoms with Gasteiger partial charge in [-0.1, -0.05) is 0 Å². The molecule has 1 aromatic carbocycles. The molecule has 0 spiro atoms. The Morgan fingerprint density at radius 1 is 1.33 bits per heavy atom. The smallest absolute Gasteiger partial charge is 0.150 e. The Labute approximate surface area is 90.7 Å². The third-order valence-electron chi connectivity index (χ3n) is 1.98. The van der Waals surface area contributed by atoms with Crippen LogP contribution in [0.1, 0.15) is 17.3 Å². The lowest BCUT2D eigenvalue weighted by Crippen LogP contribution is -2.27. The maximum atomic E-state index is 10.4. The van der Waals surface area contributed by atoms with Gasteiger partial charge >= 0.3 is 0 Å². The van der Waals surface area contributed by atoms with Gasteiger partial charge in [-0.05, 0) is 45.3 Å². The second-order valence-electron chi connectivity index (χ2n) is 3.88. The molecule has 0 amide bonds. The van der Waals surface area contributed by atoms with E-state index in [1.807, 2.05) is 33.2 Å². The highest BCUT2D eigenvalue weighted by atomic mass is 16.5. The van der Waals surface area contributed by atoms with E-state index in [-0.39, 0.29) is 6.10 Å². The minimum absolute atomic E-state index is 0.141. The van der Waals surface area contributed by atoms with E-state index in [1.165, 1.54) is 0 Å². The van der Waals surface area contributed by atoms with Crippen LogP contribution in [0.5, 0.6) is 5.75 Å². The molecule has 1 unspecified atom stereocenters. The van der Waals surface area contributed by atoms with Crippen molar-refractivity contribution in [3.63, 3.8) is 0 Å². The summed E-state index contributed by atoms with van der Waals surface area (Å²) in [5, 5.41) is 0. The standard InChI is InChI=1S/C12H17NO2/c1-10(8-13(2)3)15-12-6-4-11(9-14)5-7-12/h4-7,9-10H,8H2,1-3H3. The number of hydrogen-bond donors (Lipinski definition) is 0. The van der Waals surface area contributed by atoms with Crippen LogP contribution in [0.2, 0.25) is 0 Å². The lowest BCUT2D eigenvalue weighted by molar-refractivity contribution is 0.112. The van der Waals surface area contributed by atoms with Crippen LogP contribution in [0.4, 0.5) is 0 Å². The number of carbonyl (C=O) groups is 1. The van der Waals surface area contributed by atoms with E-state index in [9.17, 15) is 4.79 Å². The Kier molecular flexibility index (Phi) is 4.31. The highest BCUT2D eigenvalue weighted by molar-refractivity contribution is 5.74. The highest BCUT2D eigenvalue weighted by Gasteiger charge is 2.04. The van der Waals surface area contributed by atoms with Crippen molar-refractivity contribution in [3.05, 3.63) is 29.8 Å². The van der Waals surface area contributed by atoms with Crippen molar-refractivity contribution in [2.24, 2.45) is 0 Å². The van der Waals surface area contributed by atoms with Crippen LogP contribution in [0.3, 0.4) is 0 Å². The molecular formula is C12H17NO2. The molecule has 0 aliphatic rings. The molecule has 3 heteroatoms. The Hall–Kier alpha value is -1.35. The first-order chi connectivity index (χ1) is 7.11. The first-order valence-corrected chi connectivity index (χ1v) is 4.98. The van der Waals surface area contributed by atoms with Gasteiger partial charge in [0, 0.05) is 12.1 Å². The lowest BCUT2D eigenvalue weighted by Gasteiger charge is -2.18. The molecule has 15 heavy (non-hydrogen) atoms. The molecule has 0 fully saturated rings. The molecule has 82 valence electrons. The lowest BCUT2D eigenvalue weighted by atomic mass is 10.2. The highest BCUT2D eigenvalue weighted by Crippen LogP contribution is 2.13. The first kappa shape index (κ1) is 11.7. The Bertz CT molecular complexity index is 306. The van der Waals surface area contributed by atoms with E-state index in [1.54, 1.807) is 12.1 Å². The van der Waals surface area contributed by atoms with Gasteiger partial charge in [0.05, 0.1) is 0 Å². The van der Waals surface area contributed by atoms with Gasteiger partial charge < -0.3 is 9.64 Å². The van der Waals surface area contributed by atoms with Crippen LogP contribution in [0, 0.1) is 0 Å². The normalized spacial score (nSPS) is 12.5. The average Bonchev–Trinajstić information content (AvgIpc) is 2.17. The average molecular weight is 207 g/mol. The fourth-order valence-corrected chi connectivity index (χ4v) is 1.41. The molecule has 1 atom stereocenters. The minimum Gasteiger partial charge on any atom is -0.489 e. The molecule has 0 radical (unpaired) electrons. The molecule has 0 aromatic heterocycles. The fourth-order valence-electron chi connectivity index (χ4n) is 1.41. The number of hydrogen-bond acceptors (Lipinski definition) is 3. The van der Waals surface area contributed by atoms with Gasteiger partial charge in [0.15, 0.2) is 0 Å². The van der Waals surface area contributed by atoms with Crippen molar-refractivity contribution in [1.29, 1.82) is 0 Å². The Morgan fingerprint density at radius 2 is 1.93 bits per heavy atom. The maximum Gasteiger partial charge on any atom is 0.150 e. The van der Waals surface area contributed by atoms with E-state index in [0.29, 0.717) is 5.56 Å². The van der Waals surface area contributed by atoms with Gasteiger partial charge in [-0.25, -0.2) is 0 Å². The van der Waals surface area contributed by atoms with Gasteiger partial charge in [-0.15, -0.1) is 0 Å². The molecule has 1 rings (SSSR count). The predicted molar refractivity (Wildman–Crippen MR) is 60.5 cm³/mol. The summed E-state index contributed by atoms with van der Waals surface area (Å²) in [5.74, 6) is 0.801. The summed E-state index contributed by atoms with van der Waals surface area (Å²) >= 11 is 0. The molecule has 0 saturated carbocycles. The molecule has 0 aliphatic heterocycles. The second-order valence-corrected chi connectivity index (χ2v) is 3.88. The van der Waals surface area contributed by atoms with Crippen LogP contribution < -0.4 is 4.74 Å². The van der Waals surface area contributed by atoms with Crippen LogP contribution >= 0.6 is 0 Å². The van der Waals surface area contributed by atoms with Gasteiger partial charge in [0.1, 0.15) is 18.1 Å². The van der Waals surface area contributed by atoms with Crippen LogP contribution in [0.15, 0.2) is 24.3 Å². The molecule has 1 aromatic rings. The van der Waals surface area contributed by atoms with Crippen LogP contribution in [0.25, 0.3) is 0 Å². The molecular weight excluding hydrogens is 190 g/mol. The largest absolute Gasteiger partial charge is 0.489 e. The van der Waals surface area contributed by atoms with Crippen molar-refractivity contribution in [2.45, 2.75) is 13.0 Å². The van der Waals surface area contributed by atoms with E-state index < -0.39 is 0 Å². The monoisotopic (exact) mass is 207 g/mol. The third-order valence-corrected chi connectivity index (χ3v) is 1.98. The number of aldehydes is 1. The summed E-state index contributed by atoms with van der Waals surface area (Å²) in [7, 11) is 4.02. The van der Waals surface area contributed by atoms with Crippen molar-refractivity contribution in [2.75, 3.05) is 20.6 Å². The van der Waals surface area contributed by atoms with Gasteiger partial charge in [0.25, 0.3) is 0 Å². The zero-order valence-electron chi connectivity index (χ0n) is 9.43. The number of likely N-dealkylation sites (N-methyl/N-ethyl adjacent to an activating group) is 1. The summed E-state index contributed by atoms with van der Waals surface area (Å²) in [4.78, 5) is 12.5. The van der Waals surface area contributed by atoms with Crippen LogP contribution in [-0.4, -0.2) is 37.9 Å². The number of carbonyl (C=O) groups excluding carboxylic acids is 1. The second kappa shape index (κ2) is 5.51. The molecule has 0 N–H and O–H groups in total.